The average Bonchev–Trinajstić information content (AvgIpc) is 3.26. The van der Waals surface area contributed by atoms with Gasteiger partial charge < -0.3 is 9.47 Å². The van der Waals surface area contributed by atoms with Crippen LogP contribution in [-0.2, 0) is 5.41 Å². The van der Waals surface area contributed by atoms with E-state index in [0.29, 0.717) is 16.3 Å². The van der Waals surface area contributed by atoms with Crippen LogP contribution in [0.5, 0.6) is 23.0 Å². The maximum absolute atomic E-state index is 9.13. The first-order chi connectivity index (χ1) is 31.4. The molecule has 2 nitrogen and oxygen atoms in total. The molecule has 2 heterocycles. The molecular weight excluding hydrogens is 717 g/mol. The third-order valence-corrected chi connectivity index (χ3v) is 20.8. The lowest BCUT2D eigenvalue weighted by Crippen LogP contribution is -2.76. The van der Waals surface area contributed by atoms with Gasteiger partial charge in [0.05, 0.1) is 0 Å². The second-order valence-corrected chi connectivity index (χ2v) is 24.5. The molecule has 7 aromatic carbocycles. The molecule has 0 aromatic heterocycles. The molecule has 0 spiro atoms. The summed E-state index contributed by atoms with van der Waals surface area (Å²) >= 11 is 0. The minimum atomic E-state index is -4.71. The van der Waals surface area contributed by atoms with Crippen LogP contribution in [-0.4, -0.2) is 24.2 Å². The molecule has 5 heteroatoms. The van der Waals surface area contributed by atoms with E-state index in [9.17, 15) is 0 Å². The molecule has 9 rings (SSSR count). The monoisotopic (exact) mass is 776 g/mol. The number of para-hydroxylation sites is 4. The maximum atomic E-state index is 9.13. The molecule has 2 aliphatic heterocycles. The van der Waals surface area contributed by atoms with Crippen LogP contribution in [0.1, 0.15) is 42.8 Å². The van der Waals surface area contributed by atoms with Crippen molar-refractivity contribution in [2.45, 2.75) is 52.1 Å². The molecule has 0 saturated carbocycles. The number of hydrogen-bond acceptors (Lipinski definition) is 2. The summed E-state index contributed by atoms with van der Waals surface area (Å²) < 4.78 is 122. The van der Waals surface area contributed by atoms with Crippen molar-refractivity contribution < 1.29 is 25.9 Å². The molecule has 0 N–H and O–H groups in total. The number of fused-ring (bicyclic) bond motifs is 4. The molecule has 0 fully saturated rings. The van der Waals surface area contributed by atoms with Gasteiger partial charge in [-0.15, -0.1) is 0 Å². The highest BCUT2D eigenvalue weighted by atomic mass is 28.3. The minimum Gasteiger partial charge on any atom is -0.458 e. The Morgan fingerprint density at radius 2 is 0.945 bits per heavy atom. The lowest BCUT2D eigenvalue weighted by Gasteiger charge is -2.40. The van der Waals surface area contributed by atoms with Crippen molar-refractivity contribution in [3.05, 3.63) is 169 Å². The zero-order chi connectivity index (χ0) is 48.2. The first kappa shape index (κ1) is 24.3. The van der Waals surface area contributed by atoms with E-state index < -0.39 is 55.5 Å². The van der Waals surface area contributed by atoms with Gasteiger partial charge in [0.1, 0.15) is 39.1 Å². The molecule has 0 unspecified atom stereocenters. The van der Waals surface area contributed by atoms with Crippen molar-refractivity contribution in [3.63, 3.8) is 0 Å². The Balaban J connectivity index is 1.40. The van der Waals surface area contributed by atoms with Gasteiger partial charge in [-0.1, -0.05) is 198 Å². The topological polar surface area (TPSA) is 18.5 Å². The fourth-order valence-corrected chi connectivity index (χ4v) is 17.6. The Kier molecular flexibility index (Phi) is 5.73. The van der Waals surface area contributed by atoms with Crippen LogP contribution in [0.3, 0.4) is 0 Å². The highest BCUT2D eigenvalue weighted by Crippen LogP contribution is 2.41. The van der Waals surface area contributed by atoms with Crippen LogP contribution in [0.4, 0.5) is 0 Å². The summed E-state index contributed by atoms with van der Waals surface area (Å²) in [4.78, 5) is 0. The van der Waals surface area contributed by atoms with Crippen molar-refractivity contribution >= 4 is 65.7 Å². The van der Waals surface area contributed by atoms with Gasteiger partial charge in [0.15, 0.2) is 8.07 Å². The molecule has 7 aromatic rings. The molecule has 0 atom stereocenters. The highest BCUT2D eigenvalue weighted by Gasteiger charge is 2.48. The van der Waals surface area contributed by atoms with E-state index in [1.807, 2.05) is 60.7 Å². The summed E-state index contributed by atoms with van der Waals surface area (Å²) in [5.41, 5.74) is 1.52. The number of benzene rings is 7. The summed E-state index contributed by atoms with van der Waals surface area (Å²) in [6, 6.07) is 49.9. The SMILES string of the molecule is [2H]C([2H])([2H])[Si]1(C([2H])([2H])[2H])c2ccccc2Oc2c(-c3ccc([Si](c4ccccc4)(c4ccccc4)c4cccc5c4Oc4ccccc4[Si]5(C([2H])([2H])[2H])C([2H])([2H])[2H])cc3C(C)(C)C)cccc21. The Morgan fingerprint density at radius 1 is 0.455 bits per heavy atom. The van der Waals surface area contributed by atoms with Crippen LogP contribution < -0.4 is 51.0 Å². The van der Waals surface area contributed by atoms with E-state index in [-0.39, 0.29) is 43.7 Å². The quantitative estimate of drug-likeness (QED) is 0.131. The van der Waals surface area contributed by atoms with Gasteiger partial charge in [0.2, 0.25) is 0 Å². The molecule has 0 bridgehead atoms. The van der Waals surface area contributed by atoms with Crippen LogP contribution in [0, 0.1) is 0 Å². The summed E-state index contributed by atoms with van der Waals surface area (Å²) in [5.74, 6) is 0.854. The summed E-state index contributed by atoms with van der Waals surface area (Å²) in [7, 11) is -13.0. The molecular formula is C50H48O2Si3. The second kappa shape index (κ2) is 12.9. The Morgan fingerprint density at radius 3 is 1.51 bits per heavy atom. The first-order valence-electron chi connectivity index (χ1n) is 24.5. The largest absolute Gasteiger partial charge is 0.458 e. The van der Waals surface area contributed by atoms with E-state index in [1.54, 1.807) is 72.8 Å². The van der Waals surface area contributed by atoms with Gasteiger partial charge in [-0.25, -0.2) is 0 Å². The van der Waals surface area contributed by atoms with E-state index in [1.165, 1.54) is 0 Å². The summed E-state index contributed by atoms with van der Waals surface area (Å²) in [5, 5.41) is 4.19. The van der Waals surface area contributed by atoms with Gasteiger partial charge in [0, 0.05) is 22.0 Å². The standard InChI is InChI=1S/C50H48O2Si3/c1-50(2,3)40-34-37(32-33-38(40)39-24-18-29-45-48(39)51-41-25-14-16-27-43(41)53(45,4)5)55(35-20-10-8-11-21-35,36-22-12-9-13-23-36)47-31-19-30-46-49(47)52-42-26-15-17-28-44(42)54(46,6)7/h8-34H,1-7H3/i4D3,5D3,6D3,7D3. The van der Waals surface area contributed by atoms with Crippen molar-refractivity contribution in [2.24, 2.45) is 0 Å². The second-order valence-electron chi connectivity index (χ2n) is 15.6. The van der Waals surface area contributed by atoms with Gasteiger partial charge in [-0.2, -0.15) is 0 Å². The Bertz CT molecular complexity index is 2960. The van der Waals surface area contributed by atoms with Gasteiger partial charge >= 0.3 is 0 Å². The summed E-state index contributed by atoms with van der Waals surface area (Å²) in [6.07, 6.45) is 0. The van der Waals surface area contributed by atoms with Gasteiger partial charge in [-0.05, 0) is 70.2 Å². The van der Waals surface area contributed by atoms with E-state index >= 15 is 0 Å². The molecule has 55 heavy (non-hydrogen) atoms. The number of rotatable bonds is 5. The molecule has 0 aliphatic carbocycles. The van der Waals surface area contributed by atoms with Crippen molar-refractivity contribution in [1.29, 1.82) is 0 Å². The van der Waals surface area contributed by atoms with Gasteiger partial charge in [-0.3, -0.25) is 0 Å². The van der Waals surface area contributed by atoms with Crippen molar-refractivity contribution in [2.75, 3.05) is 0 Å². The van der Waals surface area contributed by atoms with E-state index in [2.05, 4.69) is 51.1 Å². The van der Waals surface area contributed by atoms with Crippen LogP contribution in [0.25, 0.3) is 11.1 Å². The predicted molar refractivity (Wildman–Crippen MR) is 241 cm³/mol. The normalized spacial score (nSPS) is 19.2. The predicted octanol–water partition coefficient (Wildman–Crippen LogP) is 7.89. The van der Waals surface area contributed by atoms with Crippen LogP contribution >= 0.6 is 0 Å². The first-order valence-corrected chi connectivity index (χ1v) is 24.5. The van der Waals surface area contributed by atoms with Gasteiger partial charge in [0.25, 0.3) is 0 Å². The molecule has 2 aliphatic rings. The lowest BCUT2D eigenvalue weighted by molar-refractivity contribution is 0.488. The number of ether oxygens (including phenoxy) is 2. The third-order valence-electron chi connectivity index (χ3n) is 11.2. The fraction of sp³-hybridized carbons (Fsp3) is 0.160. The number of hydrogen-bond donors (Lipinski definition) is 0. The Hall–Kier alpha value is -5.21. The van der Waals surface area contributed by atoms with Crippen LogP contribution in [0.15, 0.2) is 164 Å². The zero-order valence-corrected chi connectivity index (χ0v) is 33.9. The summed E-state index contributed by atoms with van der Waals surface area (Å²) in [6.45, 7) is -5.34. The Labute approximate surface area is 346 Å². The zero-order valence-electron chi connectivity index (χ0n) is 42.9. The van der Waals surface area contributed by atoms with E-state index in [0.717, 1.165) is 21.1 Å². The van der Waals surface area contributed by atoms with Crippen molar-refractivity contribution in [1.82, 2.24) is 0 Å². The fourth-order valence-electron chi connectivity index (χ4n) is 8.61. The smallest absolute Gasteiger partial charge is 0.183 e. The lowest BCUT2D eigenvalue weighted by atomic mass is 9.81. The van der Waals surface area contributed by atoms with Crippen molar-refractivity contribution in [3.8, 4) is 34.1 Å². The molecule has 0 amide bonds. The molecule has 0 saturated heterocycles. The third kappa shape index (κ3) is 5.47. The van der Waals surface area contributed by atoms with E-state index in [4.69, 9.17) is 25.9 Å². The average molecular weight is 777 g/mol. The molecule has 272 valence electrons. The molecule has 0 radical (unpaired) electrons. The maximum Gasteiger partial charge on any atom is 0.183 e. The highest BCUT2D eigenvalue weighted by molar-refractivity contribution is 7.20. The minimum absolute atomic E-state index is 0.175. The van der Waals surface area contributed by atoms with Crippen LogP contribution in [0.2, 0.25) is 25.9 Å².